The number of ether oxygens (including phenoxy) is 1. The monoisotopic (exact) mass is 269 g/mol. The smallest absolute Gasteiger partial charge is 0.225 e. The van der Waals surface area contributed by atoms with Crippen molar-refractivity contribution in [3.63, 3.8) is 0 Å². The molecule has 1 heterocycles. The molecule has 0 radical (unpaired) electrons. The second-order valence-corrected chi connectivity index (χ2v) is 3.99. The molecule has 0 fully saturated rings. The molecule has 0 atom stereocenters. The van der Waals surface area contributed by atoms with Crippen LogP contribution in [0.2, 0.25) is 10.0 Å². The molecule has 88 valence electrons. The molecule has 1 N–H and O–H groups in total. The highest BCUT2D eigenvalue weighted by Crippen LogP contribution is 2.31. The van der Waals surface area contributed by atoms with Gasteiger partial charge in [0.2, 0.25) is 11.8 Å². The summed E-state index contributed by atoms with van der Waals surface area (Å²) in [4.78, 5) is 8.09. The van der Waals surface area contributed by atoms with Gasteiger partial charge in [0.15, 0.2) is 0 Å². The van der Waals surface area contributed by atoms with E-state index in [1.54, 1.807) is 37.5 Å². The highest BCUT2D eigenvalue weighted by Gasteiger charge is 2.05. The second kappa shape index (κ2) is 5.21. The van der Waals surface area contributed by atoms with E-state index in [9.17, 15) is 0 Å². The molecule has 0 unspecified atom stereocenters. The summed E-state index contributed by atoms with van der Waals surface area (Å²) in [6.07, 6.45) is 1.59. The average Bonchev–Trinajstić information content (AvgIpc) is 2.34. The molecule has 1 aromatic carbocycles. The van der Waals surface area contributed by atoms with Crippen LogP contribution in [0.1, 0.15) is 0 Å². The first-order valence-electron chi connectivity index (χ1n) is 4.83. The predicted octanol–water partition coefficient (Wildman–Crippen LogP) is 3.62. The third-order valence-electron chi connectivity index (χ3n) is 1.96. The first-order chi connectivity index (χ1) is 8.19. The molecular weight excluding hydrogens is 261 g/mol. The van der Waals surface area contributed by atoms with Crippen molar-refractivity contribution in [3.8, 4) is 11.6 Å². The quantitative estimate of drug-likeness (QED) is 0.925. The summed E-state index contributed by atoms with van der Waals surface area (Å²) in [7, 11) is 1.73. The molecule has 2 aromatic rings. The van der Waals surface area contributed by atoms with Crippen molar-refractivity contribution in [3.05, 3.63) is 40.5 Å². The maximum absolute atomic E-state index is 5.98. The van der Waals surface area contributed by atoms with Crippen LogP contribution < -0.4 is 10.1 Å². The van der Waals surface area contributed by atoms with E-state index in [2.05, 4.69) is 15.3 Å². The molecule has 0 saturated carbocycles. The molecule has 0 saturated heterocycles. The molecule has 0 aliphatic heterocycles. The van der Waals surface area contributed by atoms with E-state index >= 15 is 0 Å². The van der Waals surface area contributed by atoms with Crippen molar-refractivity contribution >= 4 is 29.2 Å². The van der Waals surface area contributed by atoms with Gasteiger partial charge < -0.3 is 10.1 Å². The number of nitrogens with zero attached hydrogens (tertiary/aromatic N) is 2. The van der Waals surface area contributed by atoms with Crippen molar-refractivity contribution in [2.75, 3.05) is 12.4 Å². The summed E-state index contributed by atoms with van der Waals surface area (Å²) in [6, 6.07) is 6.62. The van der Waals surface area contributed by atoms with Crippen LogP contribution in [-0.2, 0) is 0 Å². The van der Waals surface area contributed by atoms with E-state index in [-0.39, 0.29) is 0 Å². The Kier molecular flexibility index (Phi) is 3.66. The van der Waals surface area contributed by atoms with Gasteiger partial charge in [-0.2, -0.15) is 4.98 Å². The van der Waals surface area contributed by atoms with Crippen LogP contribution in [0.15, 0.2) is 30.5 Å². The number of nitrogens with one attached hydrogen (secondary N) is 1. The van der Waals surface area contributed by atoms with Crippen LogP contribution in [0, 0.1) is 0 Å². The number of hydrogen-bond donors (Lipinski definition) is 1. The van der Waals surface area contributed by atoms with Gasteiger partial charge in [-0.05, 0) is 12.1 Å². The zero-order valence-corrected chi connectivity index (χ0v) is 10.5. The maximum Gasteiger partial charge on any atom is 0.225 e. The van der Waals surface area contributed by atoms with Gasteiger partial charge in [0.1, 0.15) is 5.75 Å². The molecule has 0 aliphatic carbocycles. The fourth-order valence-electron chi connectivity index (χ4n) is 1.19. The molecule has 0 amide bonds. The molecule has 0 bridgehead atoms. The largest absolute Gasteiger partial charge is 0.437 e. The SMILES string of the molecule is CNc1nccc(Oc2cc(Cl)ccc2Cl)n1. The summed E-state index contributed by atoms with van der Waals surface area (Å²) < 4.78 is 5.52. The van der Waals surface area contributed by atoms with Crippen LogP contribution in [0.25, 0.3) is 0 Å². The summed E-state index contributed by atoms with van der Waals surface area (Å²) in [6.45, 7) is 0. The number of rotatable bonds is 3. The third kappa shape index (κ3) is 2.99. The molecule has 0 aliphatic rings. The van der Waals surface area contributed by atoms with Gasteiger partial charge in [-0.25, -0.2) is 4.98 Å². The van der Waals surface area contributed by atoms with Crippen molar-refractivity contribution in [2.24, 2.45) is 0 Å². The summed E-state index contributed by atoms with van der Waals surface area (Å²) >= 11 is 11.8. The van der Waals surface area contributed by atoms with Gasteiger partial charge in [-0.1, -0.05) is 23.2 Å². The Hall–Kier alpha value is -1.52. The Balaban J connectivity index is 2.27. The molecule has 17 heavy (non-hydrogen) atoms. The van der Waals surface area contributed by atoms with E-state index in [0.717, 1.165) is 0 Å². The van der Waals surface area contributed by atoms with Crippen LogP contribution in [0.3, 0.4) is 0 Å². The number of hydrogen-bond acceptors (Lipinski definition) is 4. The fourth-order valence-corrected chi connectivity index (χ4v) is 1.51. The third-order valence-corrected chi connectivity index (χ3v) is 2.51. The number of anilines is 1. The summed E-state index contributed by atoms with van der Waals surface area (Å²) in [5.41, 5.74) is 0. The van der Waals surface area contributed by atoms with Crippen LogP contribution >= 0.6 is 23.2 Å². The van der Waals surface area contributed by atoms with E-state index in [1.807, 2.05) is 0 Å². The summed E-state index contributed by atoms with van der Waals surface area (Å²) in [5, 5.41) is 3.84. The molecule has 2 rings (SSSR count). The minimum atomic E-state index is 0.397. The minimum absolute atomic E-state index is 0.397. The highest BCUT2D eigenvalue weighted by atomic mass is 35.5. The normalized spacial score (nSPS) is 10.1. The Labute approximate surface area is 109 Å². The van der Waals surface area contributed by atoms with E-state index in [0.29, 0.717) is 27.6 Å². The van der Waals surface area contributed by atoms with E-state index in [1.165, 1.54) is 0 Å². The van der Waals surface area contributed by atoms with Crippen LogP contribution in [0.5, 0.6) is 11.6 Å². The standard InChI is InChI=1S/C11H9Cl2N3O/c1-14-11-15-5-4-10(16-11)17-9-6-7(12)2-3-8(9)13/h2-6H,1H3,(H,14,15,16). The van der Waals surface area contributed by atoms with Crippen molar-refractivity contribution in [1.82, 2.24) is 9.97 Å². The summed E-state index contributed by atoms with van der Waals surface area (Å²) in [5.74, 6) is 1.33. The number of aromatic nitrogens is 2. The Morgan fingerprint density at radius 1 is 1.24 bits per heavy atom. The lowest BCUT2D eigenvalue weighted by Gasteiger charge is -2.07. The molecule has 6 heteroatoms. The van der Waals surface area contributed by atoms with Gasteiger partial charge in [-0.3, -0.25) is 0 Å². The first kappa shape index (κ1) is 12.0. The van der Waals surface area contributed by atoms with Gasteiger partial charge in [0, 0.05) is 30.4 Å². The number of halogens is 2. The van der Waals surface area contributed by atoms with Crippen molar-refractivity contribution < 1.29 is 4.74 Å². The van der Waals surface area contributed by atoms with Crippen LogP contribution in [-0.4, -0.2) is 17.0 Å². The van der Waals surface area contributed by atoms with Gasteiger partial charge in [-0.15, -0.1) is 0 Å². The van der Waals surface area contributed by atoms with E-state index < -0.39 is 0 Å². The van der Waals surface area contributed by atoms with Gasteiger partial charge >= 0.3 is 0 Å². The first-order valence-corrected chi connectivity index (χ1v) is 5.58. The Morgan fingerprint density at radius 3 is 2.82 bits per heavy atom. The second-order valence-electron chi connectivity index (χ2n) is 3.15. The molecular formula is C11H9Cl2N3O. The zero-order valence-electron chi connectivity index (χ0n) is 8.95. The van der Waals surface area contributed by atoms with E-state index in [4.69, 9.17) is 27.9 Å². The Bertz CT molecular complexity index is 534. The van der Waals surface area contributed by atoms with Gasteiger partial charge in [0.05, 0.1) is 5.02 Å². The van der Waals surface area contributed by atoms with Crippen LogP contribution in [0.4, 0.5) is 5.95 Å². The number of benzene rings is 1. The minimum Gasteiger partial charge on any atom is -0.437 e. The molecule has 1 aromatic heterocycles. The lowest BCUT2D eigenvalue weighted by atomic mass is 10.3. The van der Waals surface area contributed by atoms with Crippen molar-refractivity contribution in [2.45, 2.75) is 0 Å². The lowest BCUT2D eigenvalue weighted by Crippen LogP contribution is -1.97. The van der Waals surface area contributed by atoms with Crippen molar-refractivity contribution in [1.29, 1.82) is 0 Å². The average molecular weight is 270 g/mol. The lowest BCUT2D eigenvalue weighted by molar-refractivity contribution is 0.462. The zero-order chi connectivity index (χ0) is 12.3. The molecule has 4 nitrogen and oxygen atoms in total. The topological polar surface area (TPSA) is 47.0 Å². The maximum atomic E-state index is 5.98. The van der Waals surface area contributed by atoms with Gasteiger partial charge in [0.25, 0.3) is 0 Å². The fraction of sp³-hybridized carbons (Fsp3) is 0.0909. The predicted molar refractivity (Wildman–Crippen MR) is 68.1 cm³/mol. The molecule has 0 spiro atoms. The Morgan fingerprint density at radius 2 is 2.06 bits per heavy atom. The highest BCUT2D eigenvalue weighted by molar-refractivity contribution is 6.34.